The maximum Gasteiger partial charge on any atom is 1.00 e. The molecule has 2 aromatic rings. The molecule has 0 spiro atoms. The molecule has 31 heavy (non-hydrogen) atoms. The first-order valence-electron chi connectivity index (χ1n) is 11.3. The number of para-hydroxylation sites is 1. The number of aryl methyl sites for hydroxylation is 1. The summed E-state index contributed by atoms with van der Waals surface area (Å²) in [6.07, 6.45) is 14.1. The fourth-order valence-electron chi connectivity index (χ4n) is 3.66. The Balaban J connectivity index is 0.00000480. The minimum Gasteiger partial charge on any atom is -0.744 e. The Morgan fingerprint density at radius 3 is 1.84 bits per heavy atom. The Morgan fingerprint density at radius 2 is 1.29 bits per heavy atom. The third-order valence-corrected chi connectivity index (χ3v) is 6.27. The molecule has 0 aliphatic rings. The van der Waals surface area contributed by atoms with Crippen LogP contribution in [-0.4, -0.2) is 13.0 Å². The molecule has 6 heteroatoms. The van der Waals surface area contributed by atoms with Crippen LogP contribution in [0.3, 0.4) is 0 Å². The summed E-state index contributed by atoms with van der Waals surface area (Å²) >= 11 is 0. The van der Waals surface area contributed by atoms with Gasteiger partial charge in [0.15, 0.2) is 0 Å². The van der Waals surface area contributed by atoms with E-state index in [1.807, 2.05) is 30.3 Å². The molecule has 0 aliphatic carbocycles. The summed E-state index contributed by atoms with van der Waals surface area (Å²) < 4.78 is 40.7. The van der Waals surface area contributed by atoms with Gasteiger partial charge in [-0.1, -0.05) is 89.3 Å². The van der Waals surface area contributed by atoms with E-state index in [4.69, 9.17) is 4.74 Å². The molecular formula is C25H35KO4S. The summed E-state index contributed by atoms with van der Waals surface area (Å²) in [5.41, 5.74) is 0.550. The second-order valence-electron chi connectivity index (χ2n) is 7.92. The van der Waals surface area contributed by atoms with Crippen molar-refractivity contribution in [2.45, 2.75) is 88.9 Å². The van der Waals surface area contributed by atoms with Crippen molar-refractivity contribution in [2.24, 2.45) is 0 Å². The molecule has 4 nitrogen and oxygen atoms in total. The van der Waals surface area contributed by atoms with Crippen molar-refractivity contribution in [3.05, 3.63) is 54.1 Å². The van der Waals surface area contributed by atoms with Gasteiger partial charge in [0.05, 0.1) is 4.90 Å². The molecular weight excluding hydrogens is 435 g/mol. The first-order valence-corrected chi connectivity index (χ1v) is 12.7. The fraction of sp³-hybridized carbons (Fsp3) is 0.520. The Labute approximate surface area is 231 Å². The maximum atomic E-state index is 11.6. The summed E-state index contributed by atoms with van der Waals surface area (Å²) in [6.45, 7) is 2.24. The van der Waals surface area contributed by atoms with E-state index in [9.17, 15) is 13.0 Å². The summed E-state index contributed by atoms with van der Waals surface area (Å²) in [5, 5.41) is 0. The zero-order valence-electron chi connectivity index (χ0n) is 19.1. The van der Waals surface area contributed by atoms with E-state index in [2.05, 4.69) is 6.92 Å². The number of rotatable bonds is 15. The van der Waals surface area contributed by atoms with Crippen LogP contribution < -0.4 is 56.1 Å². The molecule has 0 unspecified atom stereocenters. The molecule has 0 fully saturated rings. The van der Waals surface area contributed by atoms with Gasteiger partial charge in [-0.05, 0) is 48.7 Å². The van der Waals surface area contributed by atoms with Gasteiger partial charge in [0.2, 0.25) is 0 Å². The molecule has 2 aromatic carbocycles. The van der Waals surface area contributed by atoms with E-state index in [-0.39, 0.29) is 56.3 Å². The van der Waals surface area contributed by atoms with Gasteiger partial charge in [0.25, 0.3) is 0 Å². The third-order valence-electron chi connectivity index (χ3n) is 5.33. The molecule has 0 atom stereocenters. The van der Waals surface area contributed by atoms with E-state index < -0.39 is 10.1 Å². The van der Waals surface area contributed by atoms with Gasteiger partial charge in [0.1, 0.15) is 21.6 Å². The van der Waals surface area contributed by atoms with Crippen molar-refractivity contribution >= 4 is 10.1 Å². The zero-order valence-corrected chi connectivity index (χ0v) is 23.1. The van der Waals surface area contributed by atoms with E-state index in [0.29, 0.717) is 23.5 Å². The van der Waals surface area contributed by atoms with Crippen LogP contribution in [0.1, 0.15) is 83.1 Å². The summed E-state index contributed by atoms with van der Waals surface area (Å²) in [5.74, 6) is 1.22. The monoisotopic (exact) mass is 470 g/mol. The Hall–Kier alpha value is -0.214. The predicted molar refractivity (Wildman–Crippen MR) is 121 cm³/mol. The zero-order chi connectivity index (χ0) is 21.7. The van der Waals surface area contributed by atoms with Crippen molar-refractivity contribution in [3.63, 3.8) is 0 Å². The van der Waals surface area contributed by atoms with Gasteiger partial charge in [0, 0.05) is 0 Å². The van der Waals surface area contributed by atoms with Crippen LogP contribution in [0.2, 0.25) is 0 Å². The van der Waals surface area contributed by atoms with Crippen molar-refractivity contribution < 1.29 is 69.1 Å². The topological polar surface area (TPSA) is 66.4 Å². The van der Waals surface area contributed by atoms with E-state index >= 15 is 0 Å². The molecule has 0 amide bonds. The molecule has 0 N–H and O–H groups in total. The van der Waals surface area contributed by atoms with Crippen LogP contribution in [0.25, 0.3) is 0 Å². The molecule has 166 valence electrons. The standard InChI is InChI=1S/C25H36O4S.K/c1-2-3-4-5-6-7-8-9-10-11-13-16-22-21-24(19-20-25(22)30(26,27)28)29-23-17-14-12-15-18-23;/h12,14-15,17-21H,2-11,13,16H2,1H3,(H,26,27,28);/q;+1/p-1. The van der Waals surface area contributed by atoms with Gasteiger partial charge in [-0.2, -0.15) is 0 Å². The van der Waals surface area contributed by atoms with Crippen molar-refractivity contribution in [3.8, 4) is 11.5 Å². The van der Waals surface area contributed by atoms with Gasteiger partial charge < -0.3 is 9.29 Å². The Kier molecular flexibility index (Phi) is 15.3. The molecule has 0 bridgehead atoms. The molecule has 0 aliphatic heterocycles. The molecule has 0 radical (unpaired) electrons. The minimum absolute atomic E-state index is 0. The van der Waals surface area contributed by atoms with Gasteiger partial charge in [-0.3, -0.25) is 0 Å². The maximum absolute atomic E-state index is 11.6. The fourth-order valence-corrected chi connectivity index (χ4v) is 4.38. The van der Waals surface area contributed by atoms with Crippen molar-refractivity contribution in [1.82, 2.24) is 0 Å². The number of hydrogen-bond acceptors (Lipinski definition) is 4. The van der Waals surface area contributed by atoms with Gasteiger partial charge >= 0.3 is 51.4 Å². The van der Waals surface area contributed by atoms with Crippen LogP contribution in [-0.2, 0) is 16.5 Å². The molecule has 2 rings (SSSR count). The van der Waals surface area contributed by atoms with Crippen molar-refractivity contribution in [2.75, 3.05) is 0 Å². The normalized spacial score (nSPS) is 11.2. The first kappa shape index (κ1) is 28.8. The van der Waals surface area contributed by atoms with Crippen molar-refractivity contribution in [1.29, 1.82) is 0 Å². The van der Waals surface area contributed by atoms with E-state index in [0.717, 1.165) is 19.3 Å². The number of benzene rings is 2. The van der Waals surface area contributed by atoms with Crippen LogP contribution in [0.15, 0.2) is 53.4 Å². The minimum atomic E-state index is -4.49. The molecule has 0 aromatic heterocycles. The predicted octanol–water partition coefficient (Wildman–Crippen LogP) is 4.24. The number of hydrogen-bond donors (Lipinski definition) is 0. The SMILES string of the molecule is CCCCCCCCCCCCCc1cc(Oc2ccccc2)ccc1S(=O)(=O)[O-].[K+]. The number of unbranched alkanes of at least 4 members (excludes halogenated alkanes) is 10. The smallest absolute Gasteiger partial charge is 0.744 e. The van der Waals surface area contributed by atoms with Crippen LogP contribution in [0.5, 0.6) is 11.5 Å². The Morgan fingerprint density at radius 1 is 0.742 bits per heavy atom. The van der Waals surface area contributed by atoms with Crippen LogP contribution in [0, 0.1) is 0 Å². The number of ether oxygens (including phenoxy) is 1. The van der Waals surface area contributed by atoms with Crippen LogP contribution >= 0.6 is 0 Å². The summed E-state index contributed by atoms with van der Waals surface area (Å²) in [6, 6.07) is 13.9. The van der Waals surface area contributed by atoms with Gasteiger partial charge in [-0.15, -0.1) is 0 Å². The molecule has 0 saturated carbocycles. The summed E-state index contributed by atoms with van der Waals surface area (Å²) in [7, 11) is -4.49. The average molecular weight is 471 g/mol. The third kappa shape index (κ3) is 12.0. The molecule has 0 heterocycles. The van der Waals surface area contributed by atoms with E-state index in [1.165, 1.54) is 57.4 Å². The largest absolute Gasteiger partial charge is 1.00 e. The van der Waals surface area contributed by atoms with E-state index in [1.54, 1.807) is 12.1 Å². The quantitative estimate of drug-likeness (QED) is 0.222. The summed E-state index contributed by atoms with van der Waals surface area (Å²) in [4.78, 5) is -0.130. The van der Waals surface area contributed by atoms with Gasteiger partial charge in [-0.25, -0.2) is 8.42 Å². The second kappa shape index (κ2) is 16.4. The van der Waals surface area contributed by atoms with Crippen LogP contribution in [0.4, 0.5) is 0 Å². The first-order chi connectivity index (χ1) is 14.5. The second-order valence-corrected chi connectivity index (χ2v) is 9.27. The average Bonchev–Trinajstić information content (AvgIpc) is 2.72. The molecule has 0 saturated heterocycles. The Bertz CT molecular complexity index is 838.